The first kappa shape index (κ1) is 16.5. The summed E-state index contributed by atoms with van der Waals surface area (Å²) in [7, 11) is 0. The van der Waals surface area contributed by atoms with Crippen LogP contribution < -0.4 is 5.32 Å². The van der Waals surface area contributed by atoms with Gasteiger partial charge in [0.25, 0.3) is 0 Å². The van der Waals surface area contributed by atoms with E-state index in [1.807, 2.05) is 0 Å². The molecule has 0 aromatic heterocycles. The van der Waals surface area contributed by atoms with Gasteiger partial charge in [0.15, 0.2) is 0 Å². The van der Waals surface area contributed by atoms with Crippen molar-refractivity contribution in [2.75, 3.05) is 19.6 Å². The van der Waals surface area contributed by atoms with E-state index in [0.717, 1.165) is 0 Å². The lowest BCUT2D eigenvalue weighted by molar-refractivity contribution is 0.286. The SMILES string of the molecule is CCN(CC)CCCC(C)NC1CCc2ccccc2C1. The summed E-state index contributed by atoms with van der Waals surface area (Å²) in [6, 6.07) is 10.2. The summed E-state index contributed by atoms with van der Waals surface area (Å²) in [5.41, 5.74) is 3.11. The van der Waals surface area contributed by atoms with Crippen LogP contribution in [-0.2, 0) is 12.8 Å². The van der Waals surface area contributed by atoms with E-state index in [2.05, 4.69) is 55.3 Å². The van der Waals surface area contributed by atoms with E-state index in [0.29, 0.717) is 12.1 Å². The van der Waals surface area contributed by atoms with Gasteiger partial charge in [-0.15, -0.1) is 0 Å². The zero-order valence-corrected chi connectivity index (χ0v) is 14.1. The molecule has 0 radical (unpaired) electrons. The topological polar surface area (TPSA) is 15.3 Å². The molecule has 1 aromatic carbocycles. The highest BCUT2D eigenvalue weighted by Crippen LogP contribution is 2.21. The second-order valence-electron chi connectivity index (χ2n) is 6.45. The molecule has 0 bridgehead atoms. The Labute approximate surface area is 130 Å². The van der Waals surface area contributed by atoms with Gasteiger partial charge in [0.2, 0.25) is 0 Å². The first-order valence-electron chi connectivity index (χ1n) is 8.78. The fraction of sp³-hybridized carbons (Fsp3) is 0.684. The van der Waals surface area contributed by atoms with Crippen LogP contribution in [0.15, 0.2) is 24.3 Å². The number of fused-ring (bicyclic) bond motifs is 1. The minimum Gasteiger partial charge on any atom is -0.311 e. The van der Waals surface area contributed by atoms with Crippen LogP contribution in [0.3, 0.4) is 0 Å². The maximum absolute atomic E-state index is 3.85. The Balaban J connectivity index is 1.70. The van der Waals surface area contributed by atoms with Crippen LogP contribution in [0.25, 0.3) is 0 Å². The van der Waals surface area contributed by atoms with E-state index in [9.17, 15) is 0 Å². The molecule has 118 valence electrons. The number of hydrogen-bond donors (Lipinski definition) is 1. The number of benzene rings is 1. The smallest absolute Gasteiger partial charge is 0.0113 e. The fourth-order valence-corrected chi connectivity index (χ4v) is 3.49. The molecule has 2 unspecified atom stereocenters. The second-order valence-corrected chi connectivity index (χ2v) is 6.45. The van der Waals surface area contributed by atoms with E-state index >= 15 is 0 Å². The second kappa shape index (κ2) is 8.55. The van der Waals surface area contributed by atoms with Crippen molar-refractivity contribution < 1.29 is 0 Å². The van der Waals surface area contributed by atoms with Gasteiger partial charge in [-0.05, 0) is 69.8 Å². The van der Waals surface area contributed by atoms with Gasteiger partial charge in [0, 0.05) is 12.1 Å². The number of nitrogens with one attached hydrogen (secondary N) is 1. The van der Waals surface area contributed by atoms with Crippen LogP contribution in [0.4, 0.5) is 0 Å². The molecule has 2 rings (SSSR count). The first-order valence-corrected chi connectivity index (χ1v) is 8.78. The minimum atomic E-state index is 0.635. The molecule has 1 aliphatic carbocycles. The van der Waals surface area contributed by atoms with Crippen molar-refractivity contribution in [2.24, 2.45) is 0 Å². The van der Waals surface area contributed by atoms with Gasteiger partial charge in [-0.2, -0.15) is 0 Å². The third-order valence-electron chi connectivity index (χ3n) is 4.87. The highest BCUT2D eigenvalue weighted by Gasteiger charge is 2.19. The molecule has 2 atom stereocenters. The molecule has 1 aromatic rings. The predicted octanol–water partition coefficient (Wildman–Crippen LogP) is 3.64. The van der Waals surface area contributed by atoms with Gasteiger partial charge in [-0.25, -0.2) is 0 Å². The first-order chi connectivity index (χ1) is 10.2. The standard InChI is InChI=1S/C19H32N2/c1-4-21(5-2)14-8-9-16(3)20-19-13-12-17-10-6-7-11-18(17)15-19/h6-7,10-11,16,19-20H,4-5,8-9,12-15H2,1-3H3. The minimum absolute atomic E-state index is 0.635. The van der Waals surface area contributed by atoms with Crippen LogP contribution in [0.5, 0.6) is 0 Å². The van der Waals surface area contributed by atoms with Crippen molar-refractivity contribution in [2.45, 2.75) is 65.0 Å². The molecule has 0 amide bonds. The van der Waals surface area contributed by atoms with Gasteiger partial charge < -0.3 is 10.2 Å². The van der Waals surface area contributed by atoms with Crippen molar-refractivity contribution in [1.82, 2.24) is 10.2 Å². The van der Waals surface area contributed by atoms with Gasteiger partial charge in [0.05, 0.1) is 0 Å². The summed E-state index contributed by atoms with van der Waals surface area (Å²) < 4.78 is 0. The number of nitrogens with zero attached hydrogens (tertiary/aromatic N) is 1. The normalized spacial score (nSPS) is 19.5. The van der Waals surface area contributed by atoms with E-state index in [1.54, 1.807) is 11.1 Å². The van der Waals surface area contributed by atoms with Crippen molar-refractivity contribution in [3.05, 3.63) is 35.4 Å². The molecule has 0 saturated carbocycles. The average molecular weight is 288 g/mol. The summed E-state index contributed by atoms with van der Waals surface area (Å²) in [6.07, 6.45) is 6.32. The Morgan fingerprint density at radius 1 is 1.19 bits per heavy atom. The van der Waals surface area contributed by atoms with Gasteiger partial charge >= 0.3 is 0 Å². The largest absolute Gasteiger partial charge is 0.311 e. The van der Waals surface area contributed by atoms with Crippen LogP contribution in [0.1, 0.15) is 51.2 Å². The van der Waals surface area contributed by atoms with Gasteiger partial charge in [0.1, 0.15) is 0 Å². The van der Waals surface area contributed by atoms with E-state index < -0.39 is 0 Å². The average Bonchev–Trinajstić information content (AvgIpc) is 2.51. The number of aryl methyl sites for hydroxylation is 1. The molecule has 2 nitrogen and oxygen atoms in total. The molecule has 0 heterocycles. The molecule has 0 saturated heterocycles. The van der Waals surface area contributed by atoms with Crippen LogP contribution in [-0.4, -0.2) is 36.6 Å². The van der Waals surface area contributed by atoms with Crippen LogP contribution in [0.2, 0.25) is 0 Å². The van der Waals surface area contributed by atoms with Crippen molar-refractivity contribution in [1.29, 1.82) is 0 Å². The molecular weight excluding hydrogens is 256 g/mol. The van der Waals surface area contributed by atoms with E-state index in [-0.39, 0.29) is 0 Å². The Morgan fingerprint density at radius 3 is 2.62 bits per heavy atom. The fourth-order valence-electron chi connectivity index (χ4n) is 3.49. The lowest BCUT2D eigenvalue weighted by Gasteiger charge is -2.29. The van der Waals surface area contributed by atoms with Gasteiger partial charge in [-0.1, -0.05) is 38.1 Å². The summed E-state index contributed by atoms with van der Waals surface area (Å²) in [5, 5.41) is 3.85. The van der Waals surface area contributed by atoms with Crippen LogP contribution >= 0.6 is 0 Å². The molecule has 1 aliphatic rings. The summed E-state index contributed by atoms with van der Waals surface area (Å²) >= 11 is 0. The molecule has 0 aliphatic heterocycles. The zero-order chi connectivity index (χ0) is 15.1. The maximum Gasteiger partial charge on any atom is 0.0113 e. The van der Waals surface area contributed by atoms with Crippen molar-refractivity contribution in [3.8, 4) is 0 Å². The molecule has 21 heavy (non-hydrogen) atoms. The third-order valence-corrected chi connectivity index (χ3v) is 4.87. The Morgan fingerprint density at radius 2 is 1.90 bits per heavy atom. The summed E-state index contributed by atoms with van der Waals surface area (Å²) in [6.45, 7) is 10.5. The molecular formula is C19H32N2. The third kappa shape index (κ3) is 5.12. The zero-order valence-electron chi connectivity index (χ0n) is 14.1. The highest BCUT2D eigenvalue weighted by molar-refractivity contribution is 5.30. The number of rotatable bonds is 8. The van der Waals surface area contributed by atoms with E-state index in [4.69, 9.17) is 0 Å². The molecule has 0 spiro atoms. The Bertz CT molecular complexity index is 412. The monoisotopic (exact) mass is 288 g/mol. The Hall–Kier alpha value is -0.860. The predicted molar refractivity (Wildman–Crippen MR) is 91.9 cm³/mol. The molecule has 1 N–H and O–H groups in total. The Kier molecular flexibility index (Phi) is 6.72. The lowest BCUT2D eigenvalue weighted by atomic mass is 9.88. The van der Waals surface area contributed by atoms with Crippen molar-refractivity contribution in [3.63, 3.8) is 0 Å². The molecule has 0 fully saturated rings. The van der Waals surface area contributed by atoms with Gasteiger partial charge in [-0.3, -0.25) is 0 Å². The molecule has 2 heteroatoms. The quantitative estimate of drug-likeness (QED) is 0.785. The van der Waals surface area contributed by atoms with E-state index in [1.165, 1.54) is 51.7 Å². The summed E-state index contributed by atoms with van der Waals surface area (Å²) in [5.74, 6) is 0. The maximum atomic E-state index is 3.85. The highest BCUT2D eigenvalue weighted by atomic mass is 15.1. The van der Waals surface area contributed by atoms with Crippen molar-refractivity contribution >= 4 is 0 Å². The summed E-state index contributed by atoms with van der Waals surface area (Å²) in [4.78, 5) is 2.52. The van der Waals surface area contributed by atoms with Crippen LogP contribution in [0, 0.1) is 0 Å². The lowest BCUT2D eigenvalue weighted by Crippen LogP contribution is -2.40. The number of hydrogen-bond acceptors (Lipinski definition) is 2.